The summed E-state index contributed by atoms with van der Waals surface area (Å²) in [6.07, 6.45) is 4.98. The molecule has 10 rings (SSSR count). The fraction of sp³-hybridized carbons (Fsp3) is 0.469. The lowest BCUT2D eigenvalue weighted by atomic mass is 10.2. The minimum atomic E-state index is -0.559. The van der Waals surface area contributed by atoms with Crippen LogP contribution in [0.3, 0.4) is 0 Å². The molecule has 0 bridgehead atoms. The summed E-state index contributed by atoms with van der Waals surface area (Å²) < 4.78 is 71.7. The van der Waals surface area contributed by atoms with E-state index in [-0.39, 0.29) is 51.8 Å². The van der Waals surface area contributed by atoms with E-state index in [4.69, 9.17) is 27.7 Å². The summed E-state index contributed by atoms with van der Waals surface area (Å²) in [5.74, 6) is -2.13. The Bertz CT molecular complexity index is 2720. The molecule has 5 aliphatic heterocycles. The number of rotatable bonds is 15. The van der Waals surface area contributed by atoms with E-state index in [0.29, 0.717) is 5.69 Å². The Morgan fingerprint density at radius 3 is 0.965 bits per heavy atom. The number of phenolic OH excluding ortho intramolecular Hbond substituents is 1. The molecule has 0 spiro atoms. The Morgan fingerprint density at radius 2 is 0.671 bits per heavy atom. The number of likely N-dealkylation sites (N-methyl/N-ethyl adjacent to an activating group) is 1. The fourth-order valence-corrected chi connectivity index (χ4v) is 10.9. The number of piperazine rings is 5. The van der Waals surface area contributed by atoms with Crippen molar-refractivity contribution in [2.75, 3.05) is 225 Å². The highest BCUT2D eigenvalue weighted by atomic mass is 19.1. The molecular formula is C64H93F5N14O2. The first-order valence-corrected chi connectivity index (χ1v) is 29.8. The van der Waals surface area contributed by atoms with E-state index >= 15 is 0 Å². The zero-order valence-corrected chi connectivity index (χ0v) is 50.3. The summed E-state index contributed by atoms with van der Waals surface area (Å²) in [6.45, 7) is 36.0. The Hall–Kier alpha value is -7.01. The van der Waals surface area contributed by atoms with Crippen LogP contribution in [0.2, 0.25) is 0 Å². The predicted octanol–water partition coefficient (Wildman–Crippen LogP) is 8.22. The fourth-order valence-electron chi connectivity index (χ4n) is 10.9. The molecule has 5 heterocycles. The van der Waals surface area contributed by atoms with Crippen molar-refractivity contribution in [1.29, 1.82) is 0 Å². The van der Waals surface area contributed by atoms with Gasteiger partial charge in [0.2, 0.25) is 0 Å². The molecule has 0 unspecified atom stereocenters. The second-order valence-corrected chi connectivity index (χ2v) is 21.5. The average Bonchev–Trinajstić information content (AvgIpc) is 3.73. The normalized spacial score (nSPS) is 17.3. The molecule has 0 atom stereocenters. The minimum Gasteiger partial charge on any atom is -0.503 e. The Kier molecular flexibility index (Phi) is 27.5. The van der Waals surface area contributed by atoms with Crippen molar-refractivity contribution in [3.63, 3.8) is 0 Å². The molecule has 5 aromatic rings. The smallest absolute Gasteiger partial charge is 0.175 e. The van der Waals surface area contributed by atoms with Gasteiger partial charge in [0.15, 0.2) is 11.6 Å². The van der Waals surface area contributed by atoms with E-state index < -0.39 is 5.82 Å². The molecule has 9 N–H and O–H groups in total. The first kappa shape index (κ1) is 67.1. The predicted molar refractivity (Wildman–Crippen MR) is 343 cm³/mol. The largest absolute Gasteiger partial charge is 0.503 e. The third-order valence-electron chi connectivity index (χ3n) is 16.0. The number of nitrogen functional groups attached to an aromatic ring is 4. The maximum Gasteiger partial charge on any atom is 0.175 e. The molecule has 5 aromatic carbocycles. The number of hydrogen-bond donors (Lipinski definition) is 5. The van der Waals surface area contributed by atoms with Gasteiger partial charge >= 0.3 is 0 Å². The van der Waals surface area contributed by atoms with E-state index in [1.54, 1.807) is 43.5 Å². The molecule has 0 amide bonds. The van der Waals surface area contributed by atoms with Crippen LogP contribution in [0.5, 0.6) is 5.75 Å². The topological polar surface area (TPSA) is 166 Å². The second-order valence-electron chi connectivity index (χ2n) is 21.5. The van der Waals surface area contributed by atoms with Gasteiger partial charge in [-0.2, -0.15) is 0 Å². The number of nitrogens with two attached hydrogens (primary N) is 4. The Labute approximate surface area is 501 Å². The SMILES string of the molecule is C=CCN1CCN(c2cccc(F)c2N)CC1.C=CCN1CCN(c2cccc(F)c2O)CC1.CCCN1CCN(c2cccc(F)c2N)CC1.CCN1CCN(c2cccc(F)c2N)CC1.COCCN1CCN(c2cccc(F)c2N)CC1. The van der Waals surface area contributed by atoms with Crippen molar-refractivity contribution in [3.8, 4) is 5.75 Å². The van der Waals surface area contributed by atoms with E-state index in [1.807, 2.05) is 41.3 Å². The van der Waals surface area contributed by atoms with Gasteiger partial charge in [-0.1, -0.05) is 56.3 Å². The summed E-state index contributed by atoms with van der Waals surface area (Å²) in [7, 11) is 1.71. The highest BCUT2D eigenvalue weighted by Crippen LogP contribution is 2.32. The summed E-state index contributed by atoms with van der Waals surface area (Å²) in [4.78, 5) is 22.4. The van der Waals surface area contributed by atoms with Crippen molar-refractivity contribution >= 4 is 51.2 Å². The highest BCUT2D eigenvalue weighted by molar-refractivity contribution is 5.71. The van der Waals surface area contributed by atoms with Crippen molar-refractivity contribution in [2.24, 2.45) is 0 Å². The second kappa shape index (κ2) is 34.8. The van der Waals surface area contributed by atoms with Crippen LogP contribution in [0.4, 0.5) is 73.1 Å². The van der Waals surface area contributed by atoms with Gasteiger partial charge in [-0.25, -0.2) is 22.0 Å². The molecule has 16 nitrogen and oxygen atoms in total. The van der Waals surface area contributed by atoms with Gasteiger partial charge in [-0.15, -0.1) is 13.2 Å². The molecule has 5 aliphatic rings. The average molecular weight is 1190 g/mol. The number of nitrogens with zero attached hydrogens (tertiary/aromatic N) is 10. The maximum absolute atomic E-state index is 13.4. The molecule has 5 saturated heterocycles. The van der Waals surface area contributed by atoms with E-state index in [0.717, 1.165) is 193 Å². The quantitative estimate of drug-likeness (QED) is 0.0387. The number of hydrogen-bond acceptors (Lipinski definition) is 16. The van der Waals surface area contributed by atoms with Gasteiger partial charge in [-0.3, -0.25) is 19.6 Å². The van der Waals surface area contributed by atoms with Crippen molar-refractivity contribution in [2.45, 2.75) is 20.3 Å². The molecule has 21 heteroatoms. The van der Waals surface area contributed by atoms with Crippen molar-refractivity contribution in [1.82, 2.24) is 24.5 Å². The molecular weight excluding hydrogens is 1090 g/mol. The highest BCUT2D eigenvalue weighted by Gasteiger charge is 2.24. The van der Waals surface area contributed by atoms with Crippen LogP contribution in [0.25, 0.3) is 0 Å². The van der Waals surface area contributed by atoms with Gasteiger partial charge < -0.3 is 62.2 Å². The molecule has 466 valence electrons. The number of methoxy groups -OCH3 is 1. The van der Waals surface area contributed by atoms with E-state index in [1.165, 1.54) is 36.8 Å². The van der Waals surface area contributed by atoms with Crippen LogP contribution in [0, 0.1) is 29.1 Å². The van der Waals surface area contributed by atoms with Gasteiger partial charge in [0.25, 0.3) is 0 Å². The third kappa shape index (κ3) is 19.8. The minimum absolute atomic E-state index is 0.246. The van der Waals surface area contributed by atoms with Crippen molar-refractivity contribution < 1.29 is 31.8 Å². The molecule has 85 heavy (non-hydrogen) atoms. The summed E-state index contributed by atoms with van der Waals surface area (Å²) >= 11 is 0. The lowest BCUT2D eigenvalue weighted by Gasteiger charge is -2.36. The summed E-state index contributed by atoms with van der Waals surface area (Å²) in [5.41, 5.74) is 28.0. The van der Waals surface area contributed by atoms with Gasteiger partial charge in [-0.05, 0) is 80.2 Å². The standard InChI is InChI=1S/C13H20FN3O.C13H20FN3.C13H18FN3.C13H17FN2O.C12H18FN3/c1-18-10-9-16-5-7-17(8-6-16)12-4-2-3-11(14)13(12)15;2*1-2-6-16-7-9-17(10-8-16)12-5-3-4-11(14)13(12)15;1-2-6-15-7-9-16(10-8-15)12-5-3-4-11(14)13(12)17;1-2-15-6-8-16(9-7-15)11-5-3-4-10(13)12(11)14/h2-4H,5-10,15H2,1H3;3-5H,2,6-10,15H2,1H3;2-5H,1,6-10,15H2;2-5,17H,1,6-10H2;3-5H,2,6-9,14H2,1H3. The molecule has 0 radical (unpaired) electrons. The van der Waals surface area contributed by atoms with Crippen LogP contribution >= 0.6 is 0 Å². The van der Waals surface area contributed by atoms with Crippen molar-refractivity contribution in [3.05, 3.63) is 145 Å². The van der Waals surface area contributed by atoms with Crippen LogP contribution < -0.4 is 47.4 Å². The molecule has 0 aliphatic carbocycles. The van der Waals surface area contributed by atoms with E-state index in [2.05, 4.69) is 71.1 Å². The van der Waals surface area contributed by atoms with Crippen LogP contribution in [-0.4, -0.2) is 207 Å². The number of phenols is 1. The summed E-state index contributed by atoms with van der Waals surface area (Å²) in [5, 5.41) is 9.67. The number of para-hydroxylation sites is 5. The zero-order valence-electron chi connectivity index (χ0n) is 50.3. The van der Waals surface area contributed by atoms with Crippen LogP contribution in [0.15, 0.2) is 116 Å². The van der Waals surface area contributed by atoms with E-state index in [9.17, 15) is 27.1 Å². The number of aromatic hydroxyl groups is 1. The lowest BCUT2D eigenvalue weighted by Crippen LogP contribution is -2.47. The molecule has 5 fully saturated rings. The van der Waals surface area contributed by atoms with Gasteiger partial charge in [0.1, 0.15) is 23.3 Å². The zero-order chi connectivity index (χ0) is 61.3. The monoisotopic (exact) mass is 1180 g/mol. The Morgan fingerprint density at radius 1 is 0.400 bits per heavy atom. The first-order valence-electron chi connectivity index (χ1n) is 29.8. The Balaban J connectivity index is 0.000000170. The molecule has 0 saturated carbocycles. The summed E-state index contributed by atoms with van der Waals surface area (Å²) in [6, 6.07) is 24.6. The number of ether oxygens (including phenoxy) is 1. The van der Waals surface area contributed by atoms with Crippen LogP contribution in [0.1, 0.15) is 20.3 Å². The van der Waals surface area contributed by atoms with Gasteiger partial charge in [0, 0.05) is 158 Å². The van der Waals surface area contributed by atoms with Gasteiger partial charge in [0.05, 0.1) is 57.8 Å². The molecule has 0 aromatic heterocycles. The van der Waals surface area contributed by atoms with Crippen LogP contribution in [-0.2, 0) is 4.74 Å². The number of halogens is 5. The number of anilines is 9. The third-order valence-corrected chi connectivity index (χ3v) is 16.0. The number of benzene rings is 5. The lowest BCUT2D eigenvalue weighted by molar-refractivity contribution is 0.144. The first-order chi connectivity index (χ1) is 41.1. The maximum atomic E-state index is 13.4.